The van der Waals surface area contributed by atoms with Crippen molar-refractivity contribution < 1.29 is 15.0 Å². The van der Waals surface area contributed by atoms with Crippen molar-refractivity contribution >= 4 is 11.6 Å². The summed E-state index contributed by atoms with van der Waals surface area (Å²) in [6, 6.07) is 11.2. The van der Waals surface area contributed by atoms with Crippen molar-refractivity contribution in [3.05, 3.63) is 53.6 Å². The van der Waals surface area contributed by atoms with Gasteiger partial charge in [0.1, 0.15) is 11.5 Å². The fourth-order valence-electron chi connectivity index (χ4n) is 1.60. The molecule has 92 valence electrons. The summed E-state index contributed by atoms with van der Waals surface area (Å²) in [7, 11) is 0. The number of phenols is 2. The standard InChI is InChI=1S/C14H13NO3/c1-9-6-7-11(13(17)8-9)15-14(18)10-4-2-3-5-12(10)16/h2-8,16-17H,1H3,(H,15,18). The molecule has 0 saturated heterocycles. The highest BCUT2D eigenvalue weighted by molar-refractivity contribution is 6.06. The lowest BCUT2D eigenvalue weighted by atomic mass is 10.1. The first-order valence-corrected chi connectivity index (χ1v) is 5.47. The molecule has 0 aromatic heterocycles. The molecule has 0 heterocycles. The lowest BCUT2D eigenvalue weighted by Crippen LogP contribution is -2.12. The van der Waals surface area contributed by atoms with E-state index in [1.165, 1.54) is 12.1 Å². The van der Waals surface area contributed by atoms with Crippen molar-refractivity contribution in [2.75, 3.05) is 5.32 Å². The van der Waals surface area contributed by atoms with Gasteiger partial charge in [0.15, 0.2) is 0 Å². The Bertz CT molecular complexity index is 593. The summed E-state index contributed by atoms with van der Waals surface area (Å²) < 4.78 is 0. The van der Waals surface area contributed by atoms with E-state index in [4.69, 9.17) is 0 Å². The van der Waals surface area contributed by atoms with Crippen molar-refractivity contribution in [2.24, 2.45) is 0 Å². The van der Waals surface area contributed by atoms with Gasteiger partial charge in [0, 0.05) is 0 Å². The van der Waals surface area contributed by atoms with E-state index in [1.807, 2.05) is 6.92 Å². The molecule has 1 amide bonds. The van der Waals surface area contributed by atoms with E-state index in [9.17, 15) is 15.0 Å². The van der Waals surface area contributed by atoms with Crippen LogP contribution in [-0.4, -0.2) is 16.1 Å². The SMILES string of the molecule is Cc1ccc(NC(=O)c2ccccc2O)c(O)c1. The lowest BCUT2D eigenvalue weighted by Gasteiger charge is -2.08. The van der Waals surface area contributed by atoms with Crippen molar-refractivity contribution in [3.8, 4) is 11.5 Å². The van der Waals surface area contributed by atoms with Gasteiger partial charge in [-0.1, -0.05) is 18.2 Å². The van der Waals surface area contributed by atoms with Gasteiger partial charge in [0.05, 0.1) is 11.3 Å². The predicted octanol–water partition coefficient (Wildman–Crippen LogP) is 2.66. The summed E-state index contributed by atoms with van der Waals surface area (Å²) in [4.78, 5) is 11.9. The van der Waals surface area contributed by atoms with Crippen LogP contribution in [0.4, 0.5) is 5.69 Å². The molecule has 3 N–H and O–H groups in total. The topological polar surface area (TPSA) is 69.6 Å². The van der Waals surface area contributed by atoms with Gasteiger partial charge in [-0.15, -0.1) is 0 Å². The van der Waals surface area contributed by atoms with Gasteiger partial charge < -0.3 is 15.5 Å². The molecule has 0 unspecified atom stereocenters. The van der Waals surface area contributed by atoms with Crippen LogP contribution in [0.2, 0.25) is 0 Å². The fourth-order valence-corrected chi connectivity index (χ4v) is 1.60. The number of amides is 1. The molecule has 0 bridgehead atoms. The third kappa shape index (κ3) is 2.43. The smallest absolute Gasteiger partial charge is 0.259 e. The molecule has 2 aromatic carbocycles. The van der Waals surface area contributed by atoms with Crippen molar-refractivity contribution in [1.82, 2.24) is 0 Å². The summed E-state index contributed by atoms with van der Waals surface area (Å²) >= 11 is 0. The number of aryl methyl sites for hydroxylation is 1. The molecule has 2 aromatic rings. The number of nitrogens with one attached hydrogen (secondary N) is 1. The minimum atomic E-state index is -0.466. The number of hydrogen-bond donors (Lipinski definition) is 3. The minimum absolute atomic E-state index is 0.00114. The van der Waals surface area contributed by atoms with Gasteiger partial charge in [-0.2, -0.15) is 0 Å². The maximum atomic E-state index is 11.9. The molecule has 2 rings (SSSR count). The maximum Gasteiger partial charge on any atom is 0.259 e. The van der Waals surface area contributed by atoms with Crippen LogP contribution in [0.15, 0.2) is 42.5 Å². The molecule has 0 radical (unpaired) electrons. The van der Waals surface area contributed by atoms with E-state index in [2.05, 4.69) is 5.32 Å². The number of phenolic OH excluding ortho intramolecular Hbond substituents is 2. The van der Waals surface area contributed by atoms with Gasteiger partial charge in [-0.3, -0.25) is 4.79 Å². The van der Waals surface area contributed by atoms with Crippen LogP contribution in [0.3, 0.4) is 0 Å². The number of carbonyl (C=O) groups excluding carboxylic acids is 1. The van der Waals surface area contributed by atoms with E-state index >= 15 is 0 Å². The number of hydrogen-bond acceptors (Lipinski definition) is 3. The molecule has 0 aliphatic heterocycles. The largest absolute Gasteiger partial charge is 0.507 e. The first-order chi connectivity index (χ1) is 8.58. The summed E-state index contributed by atoms with van der Waals surface area (Å²) in [5, 5.41) is 21.8. The molecular formula is C14H13NO3. The Morgan fingerprint density at radius 1 is 1.06 bits per heavy atom. The molecule has 0 spiro atoms. The van der Waals surface area contributed by atoms with E-state index in [1.54, 1.807) is 30.3 Å². The quantitative estimate of drug-likeness (QED) is 0.710. The van der Waals surface area contributed by atoms with Crippen LogP contribution in [0.1, 0.15) is 15.9 Å². The van der Waals surface area contributed by atoms with Crippen LogP contribution in [0.25, 0.3) is 0 Å². The van der Waals surface area contributed by atoms with Crippen molar-refractivity contribution in [1.29, 1.82) is 0 Å². The predicted molar refractivity (Wildman–Crippen MR) is 68.9 cm³/mol. The molecule has 0 aliphatic rings. The zero-order chi connectivity index (χ0) is 13.1. The van der Waals surface area contributed by atoms with Crippen LogP contribution < -0.4 is 5.32 Å². The van der Waals surface area contributed by atoms with Crippen LogP contribution in [0.5, 0.6) is 11.5 Å². The van der Waals surface area contributed by atoms with Gasteiger partial charge in [-0.05, 0) is 36.8 Å². The van der Waals surface area contributed by atoms with Crippen molar-refractivity contribution in [2.45, 2.75) is 6.92 Å². The number of para-hydroxylation sites is 1. The normalized spacial score (nSPS) is 10.1. The summed E-state index contributed by atoms with van der Waals surface area (Å²) in [6.45, 7) is 1.84. The van der Waals surface area contributed by atoms with Gasteiger partial charge in [0.2, 0.25) is 0 Å². The van der Waals surface area contributed by atoms with Crippen LogP contribution in [0, 0.1) is 6.92 Å². The zero-order valence-electron chi connectivity index (χ0n) is 9.84. The highest BCUT2D eigenvalue weighted by Crippen LogP contribution is 2.25. The summed E-state index contributed by atoms with van der Waals surface area (Å²) in [6.07, 6.45) is 0. The Morgan fingerprint density at radius 2 is 1.78 bits per heavy atom. The van der Waals surface area contributed by atoms with Gasteiger partial charge >= 0.3 is 0 Å². The Morgan fingerprint density at radius 3 is 2.44 bits per heavy atom. The van der Waals surface area contributed by atoms with Crippen LogP contribution >= 0.6 is 0 Å². The first-order valence-electron chi connectivity index (χ1n) is 5.47. The molecule has 18 heavy (non-hydrogen) atoms. The molecule has 0 saturated carbocycles. The Labute approximate surface area is 105 Å². The zero-order valence-corrected chi connectivity index (χ0v) is 9.84. The average Bonchev–Trinajstić information content (AvgIpc) is 2.33. The number of carbonyl (C=O) groups is 1. The monoisotopic (exact) mass is 243 g/mol. The molecular weight excluding hydrogens is 230 g/mol. The third-order valence-corrected chi connectivity index (χ3v) is 2.55. The van der Waals surface area contributed by atoms with E-state index in [-0.39, 0.29) is 17.1 Å². The second kappa shape index (κ2) is 4.79. The molecule has 0 aliphatic carbocycles. The first kappa shape index (κ1) is 12.0. The maximum absolute atomic E-state index is 11.9. The van der Waals surface area contributed by atoms with Gasteiger partial charge in [-0.25, -0.2) is 0 Å². The average molecular weight is 243 g/mol. The molecule has 0 fully saturated rings. The Hall–Kier alpha value is -2.49. The highest BCUT2D eigenvalue weighted by Gasteiger charge is 2.12. The second-order valence-electron chi connectivity index (χ2n) is 3.99. The molecule has 4 heteroatoms. The van der Waals surface area contributed by atoms with Crippen LogP contribution in [-0.2, 0) is 0 Å². The lowest BCUT2D eigenvalue weighted by molar-refractivity contribution is 0.102. The Balaban J connectivity index is 2.24. The number of aromatic hydroxyl groups is 2. The van der Waals surface area contributed by atoms with Crippen molar-refractivity contribution in [3.63, 3.8) is 0 Å². The highest BCUT2D eigenvalue weighted by atomic mass is 16.3. The number of benzene rings is 2. The minimum Gasteiger partial charge on any atom is -0.507 e. The number of rotatable bonds is 2. The fraction of sp³-hybridized carbons (Fsp3) is 0.0714. The second-order valence-corrected chi connectivity index (χ2v) is 3.99. The summed E-state index contributed by atoms with van der Waals surface area (Å²) in [5.74, 6) is -0.562. The molecule has 0 atom stereocenters. The third-order valence-electron chi connectivity index (χ3n) is 2.55. The molecule has 4 nitrogen and oxygen atoms in total. The van der Waals surface area contributed by atoms with E-state index in [0.29, 0.717) is 5.69 Å². The van der Waals surface area contributed by atoms with E-state index in [0.717, 1.165) is 5.56 Å². The Kier molecular flexibility index (Phi) is 3.19. The number of anilines is 1. The summed E-state index contributed by atoms with van der Waals surface area (Å²) in [5.41, 5.74) is 1.37. The van der Waals surface area contributed by atoms with E-state index < -0.39 is 5.91 Å². The van der Waals surface area contributed by atoms with Gasteiger partial charge in [0.25, 0.3) is 5.91 Å².